The lowest BCUT2D eigenvalue weighted by Gasteiger charge is -2.25. The Hall–Kier alpha value is -0.770. The Labute approximate surface area is 109 Å². The van der Waals surface area contributed by atoms with Crippen molar-refractivity contribution in [1.82, 2.24) is 10.2 Å². The van der Waals surface area contributed by atoms with Gasteiger partial charge < -0.3 is 15.0 Å². The zero-order valence-electron chi connectivity index (χ0n) is 11.0. The van der Waals surface area contributed by atoms with Crippen LogP contribution in [0.1, 0.15) is 18.0 Å². The number of rotatable bonds is 6. The summed E-state index contributed by atoms with van der Waals surface area (Å²) in [6.07, 6.45) is 1.02. The van der Waals surface area contributed by atoms with E-state index in [2.05, 4.69) is 24.3 Å². The first-order valence-corrected chi connectivity index (χ1v) is 6.12. The summed E-state index contributed by atoms with van der Waals surface area (Å²) in [5.41, 5.74) is 1.15. The third-order valence-corrected chi connectivity index (χ3v) is 3.19. The fourth-order valence-electron chi connectivity index (χ4n) is 1.88. The molecule has 0 aliphatic carbocycles. The second-order valence-corrected chi connectivity index (χ2v) is 4.67. The quantitative estimate of drug-likeness (QED) is 0.847. The van der Waals surface area contributed by atoms with E-state index in [-0.39, 0.29) is 0 Å². The van der Waals surface area contributed by atoms with Gasteiger partial charge in [-0.3, -0.25) is 0 Å². The van der Waals surface area contributed by atoms with Crippen LogP contribution in [-0.2, 0) is 0 Å². The van der Waals surface area contributed by atoms with Gasteiger partial charge in [0.05, 0.1) is 7.11 Å². The van der Waals surface area contributed by atoms with Crippen LogP contribution in [0, 0.1) is 0 Å². The average molecular weight is 257 g/mol. The number of benzene rings is 1. The minimum Gasteiger partial charge on any atom is -0.497 e. The molecule has 0 aliphatic heterocycles. The maximum absolute atomic E-state index is 6.30. The highest BCUT2D eigenvalue weighted by atomic mass is 35.5. The number of halogens is 1. The molecule has 1 unspecified atom stereocenters. The van der Waals surface area contributed by atoms with E-state index >= 15 is 0 Å². The molecular weight excluding hydrogens is 236 g/mol. The second-order valence-electron chi connectivity index (χ2n) is 4.26. The fraction of sp³-hybridized carbons (Fsp3) is 0.538. The molecule has 0 bridgehead atoms. The van der Waals surface area contributed by atoms with Crippen molar-refractivity contribution in [2.24, 2.45) is 0 Å². The molecule has 0 aromatic heterocycles. The highest BCUT2D eigenvalue weighted by Crippen LogP contribution is 2.31. The van der Waals surface area contributed by atoms with Crippen molar-refractivity contribution < 1.29 is 4.74 Å². The van der Waals surface area contributed by atoms with E-state index in [1.165, 1.54) is 0 Å². The zero-order valence-corrected chi connectivity index (χ0v) is 11.7. The third kappa shape index (κ3) is 3.87. The molecule has 96 valence electrons. The van der Waals surface area contributed by atoms with Gasteiger partial charge in [0.1, 0.15) is 5.75 Å². The monoisotopic (exact) mass is 256 g/mol. The van der Waals surface area contributed by atoms with E-state index in [4.69, 9.17) is 16.3 Å². The van der Waals surface area contributed by atoms with Crippen molar-refractivity contribution in [2.45, 2.75) is 12.5 Å². The lowest BCUT2D eigenvalue weighted by molar-refractivity contribution is 0.283. The summed E-state index contributed by atoms with van der Waals surface area (Å²) < 4.78 is 5.16. The van der Waals surface area contributed by atoms with Crippen LogP contribution in [-0.4, -0.2) is 39.7 Å². The predicted molar refractivity (Wildman–Crippen MR) is 73.0 cm³/mol. The zero-order chi connectivity index (χ0) is 12.8. The first kappa shape index (κ1) is 14.3. The van der Waals surface area contributed by atoms with Crippen molar-refractivity contribution >= 4 is 11.6 Å². The Kier molecular flexibility index (Phi) is 5.75. The van der Waals surface area contributed by atoms with Gasteiger partial charge >= 0.3 is 0 Å². The molecule has 1 aromatic rings. The van der Waals surface area contributed by atoms with Crippen molar-refractivity contribution in [3.05, 3.63) is 28.8 Å². The molecule has 17 heavy (non-hydrogen) atoms. The Morgan fingerprint density at radius 1 is 1.41 bits per heavy atom. The topological polar surface area (TPSA) is 24.5 Å². The molecule has 0 saturated carbocycles. The van der Waals surface area contributed by atoms with Crippen LogP contribution in [0.2, 0.25) is 5.02 Å². The first-order valence-electron chi connectivity index (χ1n) is 5.74. The van der Waals surface area contributed by atoms with Gasteiger partial charge in [0.25, 0.3) is 0 Å². The summed E-state index contributed by atoms with van der Waals surface area (Å²) in [5.74, 6) is 0.796. The molecule has 0 spiro atoms. The molecule has 0 radical (unpaired) electrons. The summed E-state index contributed by atoms with van der Waals surface area (Å²) in [6, 6.07) is 6.19. The minimum absolute atomic E-state index is 0.320. The van der Waals surface area contributed by atoms with Gasteiger partial charge in [0.15, 0.2) is 0 Å². The molecule has 0 heterocycles. The number of hydrogen-bond donors (Lipinski definition) is 1. The smallest absolute Gasteiger partial charge is 0.120 e. The largest absolute Gasteiger partial charge is 0.497 e. The molecule has 3 nitrogen and oxygen atoms in total. The Balaban J connectivity index is 2.93. The van der Waals surface area contributed by atoms with Gasteiger partial charge in [0, 0.05) is 11.1 Å². The van der Waals surface area contributed by atoms with Crippen molar-refractivity contribution in [3.63, 3.8) is 0 Å². The van der Waals surface area contributed by atoms with Gasteiger partial charge in [-0.25, -0.2) is 0 Å². The second kappa shape index (κ2) is 6.84. The summed E-state index contributed by atoms with van der Waals surface area (Å²) >= 11 is 6.30. The molecule has 1 N–H and O–H groups in total. The number of nitrogens with zero attached hydrogens (tertiary/aromatic N) is 1. The van der Waals surface area contributed by atoms with E-state index in [1.807, 2.05) is 25.2 Å². The number of ether oxygens (including phenoxy) is 1. The molecule has 4 heteroatoms. The lowest BCUT2D eigenvalue weighted by atomic mass is 10.0. The summed E-state index contributed by atoms with van der Waals surface area (Å²) in [7, 11) is 7.75. The highest BCUT2D eigenvalue weighted by molar-refractivity contribution is 6.31. The summed E-state index contributed by atoms with van der Waals surface area (Å²) in [6.45, 7) is 0.963. The third-order valence-electron chi connectivity index (χ3n) is 2.86. The molecule has 0 amide bonds. The molecule has 1 aromatic carbocycles. The van der Waals surface area contributed by atoms with Crippen molar-refractivity contribution in [2.75, 3.05) is 34.8 Å². The van der Waals surface area contributed by atoms with E-state index in [0.717, 1.165) is 29.3 Å². The van der Waals surface area contributed by atoms with Crippen LogP contribution < -0.4 is 10.1 Å². The van der Waals surface area contributed by atoms with Crippen LogP contribution in [0.3, 0.4) is 0 Å². The fourth-order valence-corrected chi connectivity index (χ4v) is 2.17. The van der Waals surface area contributed by atoms with Crippen molar-refractivity contribution in [1.29, 1.82) is 0 Å². The number of nitrogens with one attached hydrogen (secondary N) is 1. The molecular formula is C13H21ClN2O. The average Bonchev–Trinajstić information content (AvgIpc) is 2.30. The SMILES string of the molecule is CNCCC(c1ccc(OC)cc1Cl)N(C)C. The summed E-state index contributed by atoms with van der Waals surface area (Å²) in [5, 5.41) is 3.93. The Bertz CT molecular complexity index is 355. The molecule has 0 aliphatic rings. The maximum atomic E-state index is 6.30. The van der Waals surface area contributed by atoms with Crippen LogP contribution in [0.15, 0.2) is 18.2 Å². The maximum Gasteiger partial charge on any atom is 0.120 e. The van der Waals surface area contributed by atoms with Crippen LogP contribution in [0.5, 0.6) is 5.75 Å². The first-order chi connectivity index (χ1) is 8.10. The molecule has 1 rings (SSSR count). The van der Waals surface area contributed by atoms with Crippen LogP contribution in [0.4, 0.5) is 0 Å². The van der Waals surface area contributed by atoms with E-state index in [1.54, 1.807) is 7.11 Å². The van der Waals surface area contributed by atoms with E-state index in [9.17, 15) is 0 Å². The van der Waals surface area contributed by atoms with Gasteiger partial charge in [-0.15, -0.1) is 0 Å². The normalized spacial score (nSPS) is 12.8. The van der Waals surface area contributed by atoms with E-state index in [0.29, 0.717) is 6.04 Å². The molecule has 1 atom stereocenters. The van der Waals surface area contributed by atoms with Gasteiger partial charge in [-0.05, 0) is 51.8 Å². The van der Waals surface area contributed by atoms with Gasteiger partial charge in [0.2, 0.25) is 0 Å². The standard InChI is InChI=1S/C13H21ClN2O/c1-15-8-7-13(16(2)3)11-6-5-10(17-4)9-12(11)14/h5-6,9,13,15H,7-8H2,1-4H3. The van der Waals surface area contributed by atoms with Crippen LogP contribution in [0.25, 0.3) is 0 Å². The van der Waals surface area contributed by atoms with Crippen LogP contribution >= 0.6 is 11.6 Å². The lowest BCUT2D eigenvalue weighted by Crippen LogP contribution is -2.24. The van der Waals surface area contributed by atoms with E-state index < -0.39 is 0 Å². The number of hydrogen-bond acceptors (Lipinski definition) is 3. The van der Waals surface area contributed by atoms with Crippen molar-refractivity contribution in [3.8, 4) is 5.75 Å². The predicted octanol–water partition coefficient (Wildman–Crippen LogP) is 2.56. The van der Waals surface area contributed by atoms with Gasteiger partial charge in [-0.2, -0.15) is 0 Å². The highest BCUT2D eigenvalue weighted by Gasteiger charge is 2.16. The minimum atomic E-state index is 0.320. The van der Waals surface area contributed by atoms with Gasteiger partial charge in [-0.1, -0.05) is 17.7 Å². The Morgan fingerprint density at radius 3 is 2.59 bits per heavy atom. The molecule has 0 fully saturated rings. The number of methoxy groups -OCH3 is 1. The molecule has 0 saturated heterocycles. The summed E-state index contributed by atoms with van der Waals surface area (Å²) in [4.78, 5) is 2.19. The Morgan fingerprint density at radius 2 is 2.12 bits per heavy atom.